The summed E-state index contributed by atoms with van der Waals surface area (Å²) in [6.45, 7) is 1.28. The normalized spacial score (nSPS) is 13.8. The molecule has 0 aliphatic carbocycles. The van der Waals surface area contributed by atoms with Gasteiger partial charge in [0.2, 0.25) is 0 Å². The van der Waals surface area contributed by atoms with Crippen molar-refractivity contribution < 1.29 is 22.9 Å². The van der Waals surface area contributed by atoms with Crippen molar-refractivity contribution in [3.8, 4) is 0 Å². The topological polar surface area (TPSA) is 54.0 Å². The zero-order valence-corrected chi connectivity index (χ0v) is 11.3. The van der Waals surface area contributed by atoms with Crippen molar-refractivity contribution in [1.29, 1.82) is 0 Å². The molecule has 0 saturated carbocycles. The van der Waals surface area contributed by atoms with E-state index in [9.17, 15) is 4.79 Å². The van der Waals surface area contributed by atoms with Crippen molar-refractivity contribution in [2.45, 2.75) is 6.92 Å². The van der Waals surface area contributed by atoms with Gasteiger partial charge >= 0.3 is 100 Å². The molecule has 0 unspecified atom stereocenters. The van der Waals surface area contributed by atoms with Crippen molar-refractivity contribution in [3.63, 3.8) is 0 Å². The molecule has 1 aromatic rings. The third kappa shape index (κ3) is 2.33. The quantitative estimate of drug-likeness (QED) is 0.758. The molecule has 0 heterocycles. The van der Waals surface area contributed by atoms with Gasteiger partial charge in [-0.1, -0.05) is 0 Å². The van der Waals surface area contributed by atoms with Gasteiger partial charge in [0.05, 0.1) is 0 Å². The van der Waals surface area contributed by atoms with Crippen LogP contribution in [0.2, 0.25) is 0 Å². The first-order chi connectivity index (χ1) is 8.02. The number of rotatable bonds is 5. The zero-order valence-electron chi connectivity index (χ0n) is 10.4. The van der Waals surface area contributed by atoms with Gasteiger partial charge in [0.15, 0.2) is 0 Å². The van der Waals surface area contributed by atoms with Crippen molar-refractivity contribution in [1.82, 2.24) is 0 Å². The number of carbonyl (C=O) groups is 1. The van der Waals surface area contributed by atoms with Gasteiger partial charge in [0, 0.05) is 0 Å². The Morgan fingerprint density at radius 1 is 1.00 bits per heavy atom. The molecule has 1 aromatic carbocycles. The van der Waals surface area contributed by atoms with Gasteiger partial charge < -0.3 is 0 Å². The van der Waals surface area contributed by atoms with E-state index in [0.29, 0.717) is 5.30 Å². The van der Waals surface area contributed by atoms with E-state index in [4.69, 9.17) is 18.1 Å². The van der Waals surface area contributed by atoms with Gasteiger partial charge in [-0.15, -0.1) is 0 Å². The predicted molar refractivity (Wildman–Crippen MR) is 65.8 cm³/mol. The van der Waals surface area contributed by atoms with Crippen LogP contribution in [0.5, 0.6) is 0 Å². The van der Waals surface area contributed by atoms with Crippen molar-refractivity contribution in [2.75, 3.05) is 21.3 Å². The van der Waals surface area contributed by atoms with E-state index in [0.717, 1.165) is 0 Å². The standard InChI is InChI=1S/C11H17O5P/c1-10(12)16-17(13-2,14-3,15-4)11-8-6-5-7-9-11/h5-9H,1-4H3. The molecule has 1 rings (SSSR count). The van der Waals surface area contributed by atoms with Crippen LogP contribution in [0.15, 0.2) is 30.3 Å². The number of benzene rings is 1. The number of hydrogen-bond donors (Lipinski definition) is 0. The second-order valence-electron chi connectivity index (χ2n) is 3.28. The molecule has 0 aromatic heterocycles. The second kappa shape index (κ2) is 5.10. The predicted octanol–water partition coefficient (Wildman–Crippen LogP) is 2.03. The van der Waals surface area contributed by atoms with Crippen LogP contribution >= 0.6 is 7.51 Å². The van der Waals surface area contributed by atoms with Gasteiger partial charge in [0.1, 0.15) is 0 Å². The summed E-state index contributed by atoms with van der Waals surface area (Å²) in [4.78, 5) is 11.3. The molecule has 6 heteroatoms. The third-order valence-electron chi connectivity index (χ3n) is 2.41. The summed E-state index contributed by atoms with van der Waals surface area (Å²) < 4.78 is 21.4. The fraction of sp³-hybridized carbons (Fsp3) is 0.364. The number of hydrogen-bond acceptors (Lipinski definition) is 5. The van der Waals surface area contributed by atoms with Crippen LogP contribution in [-0.2, 0) is 22.9 Å². The van der Waals surface area contributed by atoms with Gasteiger partial charge in [-0.3, -0.25) is 0 Å². The molecule has 96 valence electrons. The van der Waals surface area contributed by atoms with E-state index in [2.05, 4.69) is 0 Å². The first-order valence-electron chi connectivity index (χ1n) is 5.00. The van der Waals surface area contributed by atoms with E-state index in [1.165, 1.54) is 28.3 Å². The molecule has 0 bridgehead atoms. The molecule has 0 atom stereocenters. The van der Waals surface area contributed by atoms with Crippen molar-refractivity contribution in [3.05, 3.63) is 30.3 Å². The maximum atomic E-state index is 11.3. The van der Waals surface area contributed by atoms with Crippen molar-refractivity contribution >= 4 is 18.8 Å². The fourth-order valence-corrected chi connectivity index (χ4v) is 4.11. The molecule has 0 spiro atoms. The zero-order chi connectivity index (χ0) is 13.0. The Kier molecular flexibility index (Phi) is 4.22. The average Bonchev–Trinajstić information content (AvgIpc) is 2.37. The van der Waals surface area contributed by atoms with Crippen LogP contribution in [0.25, 0.3) is 0 Å². The van der Waals surface area contributed by atoms with E-state index in [1.807, 2.05) is 6.07 Å². The molecule has 0 saturated heterocycles. The Bertz CT molecular complexity index is 377. The molecule has 0 aliphatic heterocycles. The molecule has 0 N–H and O–H groups in total. The molecule has 0 aliphatic rings. The Hall–Kier alpha value is -1.00. The molecular weight excluding hydrogens is 243 g/mol. The Balaban J connectivity index is 3.40. The van der Waals surface area contributed by atoms with E-state index in [-0.39, 0.29) is 0 Å². The second-order valence-corrected chi connectivity index (χ2v) is 6.70. The summed E-state index contributed by atoms with van der Waals surface area (Å²) >= 11 is 0. The first-order valence-corrected chi connectivity index (χ1v) is 6.91. The summed E-state index contributed by atoms with van der Waals surface area (Å²) in [7, 11) is 0.130. The van der Waals surface area contributed by atoms with Crippen LogP contribution in [0.3, 0.4) is 0 Å². The van der Waals surface area contributed by atoms with Crippen LogP contribution < -0.4 is 5.30 Å². The minimum absolute atomic E-state index is 0.530. The van der Waals surface area contributed by atoms with E-state index < -0.39 is 13.5 Å². The first kappa shape index (κ1) is 14.1. The number of carbonyl (C=O) groups excluding carboxylic acids is 1. The van der Waals surface area contributed by atoms with E-state index in [1.54, 1.807) is 24.3 Å². The SMILES string of the molecule is COP(OC)(OC)(OC(C)=O)c1ccccc1. The third-order valence-corrected chi connectivity index (χ3v) is 6.01. The van der Waals surface area contributed by atoms with E-state index >= 15 is 0 Å². The van der Waals surface area contributed by atoms with Crippen molar-refractivity contribution in [2.24, 2.45) is 0 Å². The molecule has 5 nitrogen and oxygen atoms in total. The van der Waals surface area contributed by atoms with Crippen LogP contribution in [0.1, 0.15) is 6.92 Å². The van der Waals surface area contributed by atoms with Crippen LogP contribution in [0.4, 0.5) is 0 Å². The summed E-state index contributed by atoms with van der Waals surface area (Å²) in [5.41, 5.74) is 0. The Morgan fingerprint density at radius 3 is 1.82 bits per heavy atom. The summed E-state index contributed by atoms with van der Waals surface area (Å²) in [6, 6.07) is 8.88. The Morgan fingerprint density at radius 2 is 1.47 bits per heavy atom. The van der Waals surface area contributed by atoms with Gasteiger partial charge in [-0.2, -0.15) is 0 Å². The maximum absolute atomic E-state index is 11.3. The Labute approximate surface area is 101 Å². The minimum atomic E-state index is -4.04. The molecule has 0 fully saturated rings. The monoisotopic (exact) mass is 260 g/mol. The molecule has 0 radical (unpaired) electrons. The van der Waals surface area contributed by atoms with Gasteiger partial charge in [-0.25, -0.2) is 0 Å². The van der Waals surface area contributed by atoms with Crippen LogP contribution in [0, 0.1) is 0 Å². The molecule has 17 heavy (non-hydrogen) atoms. The van der Waals surface area contributed by atoms with Gasteiger partial charge in [0.25, 0.3) is 0 Å². The average molecular weight is 260 g/mol. The fourth-order valence-electron chi connectivity index (χ4n) is 1.60. The van der Waals surface area contributed by atoms with Crippen LogP contribution in [-0.4, -0.2) is 27.3 Å². The summed E-state index contributed by atoms with van der Waals surface area (Å²) in [6.07, 6.45) is 0. The van der Waals surface area contributed by atoms with Gasteiger partial charge in [-0.05, 0) is 0 Å². The molecular formula is C11H17O5P. The summed E-state index contributed by atoms with van der Waals surface area (Å²) in [5.74, 6) is -0.530. The summed E-state index contributed by atoms with van der Waals surface area (Å²) in [5, 5.41) is 0.557. The molecule has 0 amide bonds.